The van der Waals surface area contributed by atoms with Crippen LogP contribution in [0.4, 0.5) is 5.69 Å². The first kappa shape index (κ1) is 15.5. The molecule has 0 spiro atoms. The summed E-state index contributed by atoms with van der Waals surface area (Å²) in [5, 5.41) is 3.39. The van der Waals surface area contributed by atoms with Gasteiger partial charge in [0.15, 0.2) is 0 Å². The van der Waals surface area contributed by atoms with Crippen LogP contribution in [-0.4, -0.2) is 19.6 Å². The molecule has 0 heterocycles. The van der Waals surface area contributed by atoms with Gasteiger partial charge in [-0.25, -0.2) is 0 Å². The Morgan fingerprint density at radius 1 is 1.21 bits per heavy atom. The van der Waals surface area contributed by atoms with Crippen LogP contribution in [0.2, 0.25) is 0 Å². The van der Waals surface area contributed by atoms with Crippen molar-refractivity contribution in [3.63, 3.8) is 0 Å². The molecule has 1 atom stereocenters. The molecule has 106 valence electrons. The van der Waals surface area contributed by atoms with E-state index in [0.29, 0.717) is 12.5 Å². The summed E-state index contributed by atoms with van der Waals surface area (Å²) in [6.07, 6.45) is 0. The molecule has 1 aromatic carbocycles. The summed E-state index contributed by atoms with van der Waals surface area (Å²) in [5.74, 6) is 0.445. The number of benzene rings is 1. The van der Waals surface area contributed by atoms with E-state index in [0.717, 1.165) is 5.69 Å². The van der Waals surface area contributed by atoms with Crippen LogP contribution in [0.5, 0.6) is 0 Å². The molecule has 0 saturated heterocycles. The van der Waals surface area contributed by atoms with Gasteiger partial charge in [-0.3, -0.25) is 4.79 Å². The number of anilines is 1. The normalized spacial score (nSPS) is 12.6. The van der Waals surface area contributed by atoms with Gasteiger partial charge in [-0.1, -0.05) is 45.9 Å². The van der Waals surface area contributed by atoms with Crippen LogP contribution in [0, 0.1) is 11.8 Å². The van der Waals surface area contributed by atoms with Crippen molar-refractivity contribution < 1.29 is 9.53 Å². The van der Waals surface area contributed by atoms with Gasteiger partial charge >= 0.3 is 5.97 Å². The Morgan fingerprint density at radius 2 is 1.84 bits per heavy atom. The predicted molar refractivity (Wildman–Crippen MR) is 79.4 cm³/mol. The first-order chi connectivity index (χ1) is 8.97. The average Bonchev–Trinajstić information content (AvgIpc) is 2.38. The molecule has 0 aliphatic rings. The molecule has 0 fully saturated rings. The molecule has 0 amide bonds. The van der Waals surface area contributed by atoms with Gasteiger partial charge in [-0.15, -0.1) is 0 Å². The van der Waals surface area contributed by atoms with E-state index in [9.17, 15) is 4.79 Å². The van der Waals surface area contributed by atoms with Crippen LogP contribution >= 0.6 is 0 Å². The molecule has 3 heteroatoms. The fourth-order valence-electron chi connectivity index (χ4n) is 2.12. The fourth-order valence-corrected chi connectivity index (χ4v) is 2.12. The Hall–Kier alpha value is -1.51. The minimum absolute atomic E-state index is 0.120. The first-order valence-corrected chi connectivity index (χ1v) is 6.88. The van der Waals surface area contributed by atoms with Gasteiger partial charge in [-0.05, 0) is 23.5 Å². The lowest BCUT2D eigenvalue weighted by molar-refractivity contribution is -0.146. The lowest BCUT2D eigenvalue weighted by Crippen LogP contribution is -2.29. The van der Waals surface area contributed by atoms with E-state index < -0.39 is 0 Å². The van der Waals surface area contributed by atoms with Gasteiger partial charge < -0.3 is 10.1 Å². The van der Waals surface area contributed by atoms with E-state index in [1.54, 1.807) is 0 Å². The summed E-state index contributed by atoms with van der Waals surface area (Å²) in [4.78, 5) is 11.7. The molecule has 1 N–H and O–H groups in total. The number of hydrogen-bond donors (Lipinski definition) is 1. The minimum Gasteiger partial charge on any atom is -0.469 e. The largest absolute Gasteiger partial charge is 0.469 e. The van der Waals surface area contributed by atoms with Gasteiger partial charge in [0, 0.05) is 12.2 Å². The number of esters is 1. The van der Waals surface area contributed by atoms with Crippen LogP contribution in [-0.2, 0) is 9.53 Å². The Bertz CT molecular complexity index is 413. The molecular formula is C16H25NO2. The van der Waals surface area contributed by atoms with Crippen molar-refractivity contribution in [1.29, 1.82) is 0 Å². The number of para-hydroxylation sites is 1. The summed E-state index contributed by atoms with van der Waals surface area (Å²) in [7, 11) is 1.44. The summed E-state index contributed by atoms with van der Waals surface area (Å²) in [6, 6.07) is 8.23. The van der Waals surface area contributed by atoms with Crippen molar-refractivity contribution in [2.24, 2.45) is 11.8 Å². The fraction of sp³-hybridized carbons (Fsp3) is 0.562. The third kappa shape index (κ3) is 4.27. The van der Waals surface area contributed by atoms with Gasteiger partial charge in [0.25, 0.3) is 0 Å². The van der Waals surface area contributed by atoms with Gasteiger partial charge in [0.05, 0.1) is 13.0 Å². The summed E-state index contributed by atoms with van der Waals surface area (Å²) in [5.41, 5.74) is 2.38. The van der Waals surface area contributed by atoms with Crippen molar-refractivity contribution in [2.45, 2.75) is 33.6 Å². The van der Waals surface area contributed by atoms with E-state index in [1.165, 1.54) is 12.7 Å². The topological polar surface area (TPSA) is 38.3 Å². The number of carbonyl (C=O) groups excluding carboxylic acids is 1. The molecular weight excluding hydrogens is 238 g/mol. The van der Waals surface area contributed by atoms with Crippen LogP contribution in [0.1, 0.15) is 39.2 Å². The van der Waals surface area contributed by atoms with E-state index in [2.05, 4.69) is 31.3 Å². The summed E-state index contributed by atoms with van der Waals surface area (Å²) in [6.45, 7) is 9.02. The number of carbonyl (C=O) groups is 1. The number of ether oxygens (including phenoxy) is 1. The first-order valence-electron chi connectivity index (χ1n) is 6.88. The molecule has 19 heavy (non-hydrogen) atoms. The second-order valence-electron chi connectivity index (χ2n) is 5.50. The second kappa shape index (κ2) is 7.17. The highest BCUT2D eigenvalue weighted by atomic mass is 16.5. The van der Waals surface area contributed by atoms with Crippen LogP contribution in [0.25, 0.3) is 0 Å². The number of methoxy groups -OCH3 is 1. The number of hydrogen-bond acceptors (Lipinski definition) is 3. The smallest absolute Gasteiger partial charge is 0.310 e. The van der Waals surface area contributed by atoms with Gasteiger partial charge in [0.1, 0.15) is 0 Å². The summed E-state index contributed by atoms with van der Waals surface area (Å²) < 4.78 is 4.86. The average molecular weight is 263 g/mol. The third-order valence-corrected chi connectivity index (χ3v) is 3.40. The Kier molecular flexibility index (Phi) is 5.87. The van der Waals surface area contributed by atoms with Crippen LogP contribution < -0.4 is 5.32 Å². The van der Waals surface area contributed by atoms with E-state index >= 15 is 0 Å². The van der Waals surface area contributed by atoms with Gasteiger partial charge in [-0.2, -0.15) is 0 Å². The molecule has 0 saturated carbocycles. The monoisotopic (exact) mass is 263 g/mol. The van der Waals surface area contributed by atoms with Crippen molar-refractivity contribution in [1.82, 2.24) is 0 Å². The zero-order valence-electron chi connectivity index (χ0n) is 12.6. The standard InChI is InChI=1S/C16H25NO2/c1-11(2)13-8-6-7-9-15(13)17-10-14(12(3)4)16(18)19-5/h6-9,11-12,14,17H,10H2,1-5H3. The van der Waals surface area contributed by atoms with Crippen molar-refractivity contribution >= 4 is 11.7 Å². The SMILES string of the molecule is COC(=O)C(CNc1ccccc1C(C)C)C(C)C. The molecule has 0 aliphatic heterocycles. The third-order valence-electron chi connectivity index (χ3n) is 3.40. The number of rotatable bonds is 6. The zero-order valence-corrected chi connectivity index (χ0v) is 12.6. The quantitative estimate of drug-likeness (QED) is 0.796. The molecule has 1 aromatic rings. The molecule has 1 unspecified atom stereocenters. The highest BCUT2D eigenvalue weighted by Gasteiger charge is 2.23. The second-order valence-corrected chi connectivity index (χ2v) is 5.50. The maximum atomic E-state index is 11.7. The van der Waals surface area contributed by atoms with Crippen molar-refractivity contribution in [2.75, 3.05) is 19.0 Å². The minimum atomic E-state index is -0.149. The Morgan fingerprint density at radius 3 is 2.37 bits per heavy atom. The van der Waals surface area contributed by atoms with Crippen LogP contribution in [0.3, 0.4) is 0 Å². The molecule has 0 aliphatic carbocycles. The lowest BCUT2D eigenvalue weighted by atomic mass is 9.95. The highest BCUT2D eigenvalue weighted by Crippen LogP contribution is 2.24. The Labute approximate surface area is 116 Å². The summed E-state index contributed by atoms with van der Waals surface area (Å²) >= 11 is 0. The van der Waals surface area contributed by atoms with Crippen molar-refractivity contribution in [3.05, 3.63) is 29.8 Å². The molecule has 0 radical (unpaired) electrons. The molecule has 0 aromatic heterocycles. The van der Waals surface area contributed by atoms with E-state index in [-0.39, 0.29) is 17.8 Å². The zero-order chi connectivity index (χ0) is 14.4. The maximum absolute atomic E-state index is 11.7. The molecule has 1 rings (SSSR count). The predicted octanol–water partition coefficient (Wildman–Crippen LogP) is 3.67. The van der Waals surface area contributed by atoms with E-state index in [1.807, 2.05) is 26.0 Å². The van der Waals surface area contributed by atoms with Crippen molar-refractivity contribution in [3.8, 4) is 0 Å². The Balaban J connectivity index is 2.77. The number of nitrogens with one attached hydrogen (secondary N) is 1. The highest BCUT2D eigenvalue weighted by molar-refractivity contribution is 5.73. The molecule has 0 bridgehead atoms. The lowest BCUT2D eigenvalue weighted by Gasteiger charge is -2.21. The molecule has 3 nitrogen and oxygen atoms in total. The van der Waals surface area contributed by atoms with Gasteiger partial charge in [0.2, 0.25) is 0 Å². The van der Waals surface area contributed by atoms with Crippen LogP contribution in [0.15, 0.2) is 24.3 Å². The maximum Gasteiger partial charge on any atom is 0.310 e. The van der Waals surface area contributed by atoms with E-state index in [4.69, 9.17) is 4.74 Å².